The van der Waals surface area contributed by atoms with Crippen LogP contribution in [-0.4, -0.2) is 35.4 Å². The van der Waals surface area contributed by atoms with E-state index in [9.17, 15) is 13.2 Å². The van der Waals surface area contributed by atoms with Crippen LogP contribution in [0.3, 0.4) is 0 Å². The van der Waals surface area contributed by atoms with Gasteiger partial charge in [0.25, 0.3) is 0 Å². The first kappa shape index (κ1) is 15.9. The second-order valence-electron chi connectivity index (χ2n) is 4.35. The van der Waals surface area contributed by atoms with E-state index in [1.807, 2.05) is 23.5 Å². The maximum Gasteiger partial charge on any atom is 0.573 e. The van der Waals surface area contributed by atoms with Gasteiger partial charge in [-0.05, 0) is 6.07 Å². The Morgan fingerprint density at radius 1 is 1.25 bits per heavy atom. The third-order valence-electron chi connectivity index (χ3n) is 2.77. The summed E-state index contributed by atoms with van der Waals surface area (Å²) < 4.78 is 40.9. The maximum absolute atomic E-state index is 12.3. The van der Waals surface area contributed by atoms with E-state index in [1.165, 1.54) is 17.9 Å². The zero-order chi connectivity index (χ0) is 14.4. The Labute approximate surface area is 124 Å². The molecular formula is C13H16F3NOS2. The van der Waals surface area contributed by atoms with Crippen molar-refractivity contribution >= 4 is 23.5 Å². The number of alkyl halides is 3. The number of hydrogen-bond acceptors (Lipinski definition) is 4. The fraction of sp³-hybridized carbons (Fsp3) is 0.538. The molecule has 2 rings (SSSR count). The lowest BCUT2D eigenvalue weighted by Gasteiger charge is -2.21. The maximum atomic E-state index is 12.3. The van der Waals surface area contributed by atoms with Gasteiger partial charge in [-0.2, -0.15) is 23.5 Å². The van der Waals surface area contributed by atoms with E-state index in [4.69, 9.17) is 0 Å². The van der Waals surface area contributed by atoms with Crippen molar-refractivity contribution < 1.29 is 17.9 Å². The predicted octanol–water partition coefficient (Wildman–Crippen LogP) is 3.52. The Morgan fingerprint density at radius 2 is 2.05 bits per heavy atom. The monoisotopic (exact) mass is 323 g/mol. The highest BCUT2D eigenvalue weighted by Crippen LogP contribution is 2.26. The van der Waals surface area contributed by atoms with Crippen molar-refractivity contribution in [3.63, 3.8) is 0 Å². The topological polar surface area (TPSA) is 21.3 Å². The lowest BCUT2D eigenvalue weighted by molar-refractivity contribution is -0.274. The van der Waals surface area contributed by atoms with E-state index in [0.29, 0.717) is 17.4 Å². The molecule has 112 valence electrons. The van der Waals surface area contributed by atoms with Crippen LogP contribution in [0.2, 0.25) is 0 Å². The minimum Gasteiger partial charge on any atom is -0.405 e. The standard InChI is InChI=1S/C13H16F3NOS2/c14-13(15,16)18-12-4-2-1-3-10(12)7-17-8-11-9-19-5-6-20-11/h1-4,11,17H,5-9H2. The van der Waals surface area contributed by atoms with Crippen LogP contribution >= 0.6 is 23.5 Å². The second kappa shape index (κ2) is 7.47. The number of rotatable bonds is 5. The van der Waals surface area contributed by atoms with Gasteiger partial charge in [0, 0.05) is 41.2 Å². The highest BCUT2D eigenvalue weighted by atomic mass is 32.2. The molecule has 2 nitrogen and oxygen atoms in total. The summed E-state index contributed by atoms with van der Waals surface area (Å²) >= 11 is 3.84. The van der Waals surface area contributed by atoms with Gasteiger partial charge in [0.15, 0.2) is 0 Å². The molecule has 0 spiro atoms. The molecule has 1 heterocycles. The van der Waals surface area contributed by atoms with Crippen molar-refractivity contribution in [2.45, 2.75) is 18.2 Å². The summed E-state index contributed by atoms with van der Waals surface area (Å²) in [6.07, 6.45) is -4.65. The average molecular weight is 323 g/mol. The minimum absolute atomic E-state index is 0.127. The first-order chi connectivity index (χ1) is 9.54. The molecule has 1 unspecified atom stereocenters. The van der Waals surface area contributed by atoms with Gasteiger partial charge in [-0.3, -0.25) is 0 Å². The summed E-state index contributed by atoms with van der Waals surface area (Å²) in [6, 6.07) is 6.25. The molecule has 0 aromatic heterocycles. The normalized spacial score (nSPS) is 19.9. The van der Waals surface area contributed by atoms with Crippen molar-refractivity contribution in [3.8, 4) is 5.75 Å². The first-order valence-corrected chi connectivity index (χ1v) is 8.48. The van der Waals surface area contributed by atoms with Crippen LogP contribution in [-0.2, 0) is 6.54 Å². The van der Waals surface area contributed by atoms with E-state index in [1.54, 1.807) is 12.1 Å². The number of thioether (sulfide) groups is 2. The second-order valence-corrected chi connectivity index (χ2v) is 6.91. The Bertz CT molecular complexity index is 422. The van der Waals surface area contributed by atoms with E-state index in [0.717, 1.165) is 18.1 Å². The van der Waals surface area contributed by atoms with Crippen molar-refractivity contribution in [1.82, 2.24) is 5.32 Å². The number of halogens is 3. The van der Waals surface area contributed by atoms with E-state index in [2.05, 4.69) is 10.1 Å². The van der Waals surface area contributed by atoms with Crippen LogP contribution in [0, 0.1) is 0 Å². The van der Waals surface area contributed by atoms with Gasteiger partial charge in [-0.25, -0.2) is 0 Å². The molecule has 0 saturated carbocycles. The molecule has 7 heteroatoms. The van der Waals surface area contributed by atoms with Crippen molar-refractivity contribution in [2.24, 2.45) is 0 Å². The molecule has 1 fully saturated rings. The van der Waals surface area contributed by atoms with Gasteiger partial charge < -0.3 is 10.1 Å². The van der Waals surface area contributed by atoms with E-state index in [-0.39, 0.29) is 5.75 Å². The third-order valence-corrected chi connectivity index (χ3v) is 5.62. The molecule has 0 bridgehead atoms. The highest BCUT2D eigenvalue weighted by Gasteiger charge is 2.31. The Hall–Kier alpha value is -0.530. The fourth-order valence-electron chi connectivity index (χ4n) is 1.90. The van der Waals surface area contributed by atoms with Gasteiger partial charge in [-0.15, -0.1) is 13.2 Å². The highest BCUT2D eigenvalue weighted by molar-refractivity contribution is 8.06. The summed E-state index contributed by atoms with van der Waals surface area (Å²) in [6.45, 7) is 1.19. The lowest BCUT2D eigenvalue weighted by atomic mass is 10.2. The molecule has 0 radical (unpaired) electrons. The minimum atomic E-state index is -4.65. The number of para-hydroxylation sites is 1. The summed E-state index contributed by atoms with van der Waals surface area (Å²) in [7, 11) is 0. The molecule has 1 saturated heterocycles. The fourth-order valence-corrected chi connectivity index (χ4v) is 4.54. The zero-order valence-corrected chi connectivity index (χ0v) is 12.4. The Morgan fingerprint density at radius 3 is 2.75 bits per heavy atom. The zero-order valence-electron chi connectivity index (χ0n) is 10.8. The summed E-state index contributed by atoms with van der Waals surface area (Å²) in [5, 5.41) is 3.75. The Kier molecular flexibility index (Phi) is 5.92. The molecule has 20 heavy (non-hydrogen) atoms. The van der Waals surface area contributed by atoms with Gasteiger partial charge in [-0.1, -0.05) is 18.2 Å². The molecular weight excluding hydrogens is 307 g/mol. The van der Waals surface area contributed by atoms with Crippen molar-refractivity contribution in [2.75, 3.05) is 23.8 Å². The van der Waals surface area contributed by atoms with Crippen LogP contribution < -0.4 is 10.1 Å². The smallest absolute Gasteiger partial charge is 0.405 e. The molecule has 1 aromatic carbocycles. The molecule has 0 aliphatic carbocycles. The molecule has 1 atom stereocenters. The summed E-state index contributed by atoms with van der Waals surface area (Å²) in [4.78, 5) is 0. The average Bonchev–Trinajstić information content (AvgIpc) is 2.40. The molecule has 0 amide bonds. The summed E-state index contributed by atoms with van der Waals surface area (Å²) in [5.74, 6) is 3.30. The van der Waals surface area contributed by atoms with Gasteiger partial charge in [0.1, 0.15) is 5.75 Å². The number of benzene rings is 1. The SMILES string of the molecule is FC(F)(F)Oc1ccccc1CNCC1CSCCS1. The van der Waals surface area contributed by atoms with Crippen LogP contribution in [0.5, 0.6) is 5.75 Å². The van der Waals surface area contributed by atoms with E-state index < -0.39 is 6.36 Å². The third kappa shape index (κ3) is 5.46. The lowest BCUT2D eigenvalue weighted by Crippen LogP contribution is -2.29. The quantitative estimate of drug-likeness (QED) is 0.894. The summed E-state index contributed by atoms with van der Waals surface area (Å²) in [5.41, 5.74) is 0.526. The van der Waals surface area contributed by atoms with Crippen LogP contribution in [0.1, 0.15) is 5.56 Å². The van der Waals surface area contributed by atoms with Crippen molar-refractivity contribution in [3.05, 3.63) is 29.8 Å². The predicted molar refractivity (Wildman–Crippen MR) is 78.4 cm³/mol. The largest absolute Gasteiger partial charge is 0.573 e. The molecule has 1 N–H and O–H groups in total. The van der Waals surface area contributed by atoms with Gasteiger partial charge >= 0.3 is 6.36 Å². The van der Waals surface area contributed by atoms with Crippen LogP contribution in [0.25, 0.3) is 0 Å². The van der Waals surface area contributed by atoms with Gasteiger partial charge in [0.2, 0.25) is 0 Å². The van der Waals surface area contributed by atoms with Gasteiger partial charge in [0.05, 0.1) is 0 Å². The first-order valence-electron chi connectivity index (χ1n) is 6.28. The van der Waals surface area contributed by atoms with Crippen molar-refractivity contribution in [1.29, 1.82) is 0 Å². The van der Waals surface area contributed by atoms with Crippen LogP contribution in [0.4, 0.5) is 13.2 Å². The molecule has 1 aliphatic heterocycles. The number of nitrogens with one attached hydrogen (secondary N) is 1. The molecule has 1 aromatic rings. The van der Waals surface area contributed by atoms with E-state index >= 15 is 0 Å². The number of ether oxygens (including phenoxy) is 1. The number of hydrogen-bond donors (Lipinski definition) is 1. The Balaban J connectivity index is 1.85. The molecule has 1 aliphatic rings. The van der Waals surface area contributed by atoms with Crippen LogP contribution in [0.15, 0.2) is 24.3 Å².